The lowest BCUT2D eigenvalue weighted by Gasteiger charge is -2.07. The highest BCUT2D eigenvalue weighted by Gasteiger charge is 2.20. The van der Waals surface area contributed by atoms with Crippen LogP contribution in [0, 0.1) is 6.92 Å². The molecule has 2 heterocycles. The van der Waals surface area contributed by atoms with E-state index in [1.165, 1.54) is 22.7 Å². The van der Waals surface area contributed by atoms with Gasteiger partial charge < -0.3 is 16.2 Å². The average molecular weight is 318 g/mol. The van der Waals surface area contributed by atoms with E-state index >= 15 is 0 Å². The fourth-order valence-corrected chi connectivity index (χ4v) is 3.91. The first-order valence-electron chi connectivity index (χ1n) is 6.23. The molecular weight excluding hydrogens is 304 g/mol. The molecular formula is C14H14N4OS2. The number of hydrogen-bond donors (Lipinski definition) is 2. The number of thiazole rings is 2. The zero-order valence-electron chi connectivity index (χ0n) is 11.6. The van der Waals surface area contributed by atoms with Crippen molar-refractivity contribution in [2.75, 3.05) is 18.6 Å². The van der Waals surface area contributed by atoms with E-state index in [4.69, 9.17) is 16.2 Å². The lowest BCUT2D eigenvalue weighted by atomic mass is 10.1. The van der Waals surface area contributed by atoms with Crippen molar-refractivity contribution in [2.24, 2.45) is 0 Å². The minimum Gasteiger partial charge on any atom is -0.496 e. The van der Waals surface area contributed by atoms with Crippen molar-refractivity contribution in [3.63, 3.8) is 0 Å². The molecule has 0 saturated carbocycles. The molecule has 4 N–H and O–H groups in total. The first-order valence-corrected chi connectivity index (χ1v) is 7.86. The summed E-state index contributed by atoms with van der Waals surface area (Å²) in [6.45, 7) is 1.92. The highest BCUT2D eigenvalue weighted by Crippen LogP contribution is 2.44. The van der Waals surface area contributed by atoms with Crippen LogP contribution in [-0.2, 0) is 0 Å². The third kappa shape index (κ3) is 2.45. The topological polar surface area (TPSA) is 87.0 Å². The van der Waals surface area contributed by atoms with E-state index < -0.39 is 0 Å². The van der Waals surface area contributed by atoms with Gasteiger partial charge in [-0.1, -0.05) is 34.8 Å². The molecule has 0 spiro atoms. The second-order valence-electron chi connectivity index (χ2n) is 4.40. The van der Waals surface area contributed by atoms with Gasteiger partial charge in [0, 0.05) is 5.56 Å². The zero-order valence-corrected chi connectivity index (χ0v) is 13.2. The summed E-state index contributed by atoms with van der Waals surface area (Å²) in [6.07, 6.45) is 0. The predicted molar refractivity (Wildman–Crippen MR) is 88.8 cm³/mol. The van der Waals surface area contributed by atoms with Gasteiger partial charge in [-0.3, -0.25) is 0 Å². The summed E-state index contributed by atoms with van der Waals surface area (Å²) in [5.41, 5.74) is 14.4. The number of aryl methyl sites for hydroxylation is 1. The molecule has 0 amide bonds. The number of hydrogen-bond acceptors (Lipinski definition) is 7. The normalized spacial score (nSPS) is 10.8. The number of para-hydroxylation sites is 1. The molecule has 21 heavy (non-hydrogen) atoms. The number of nitrogen functional groups attached to an aromatic ring is 2. The predicted octanol–water partition coefficient (Wildman–Crippen LogP) is 3.42. The molecule has 1 aromatic carbocycles. The Labute approximate surface area is 130 Å². The third-order valence-electron chi connectivity index (χ3n) is 3.02. The van der Waals surface area contributed by atoms with Crippen LogP contribution in [0.4, 0.5) is 10.3 Å². The molecule has 0 fully saturated rings. The molecule has 5 nitrogen and oxygen atoms in total. The number of methoxy groups -OCH3 is 1. The van der Waals surface area contributed by atoms with Crippen LogP contribution in [0.3, 0.4) is 0 Å². The summed E-state index contributed by atoms with van der Waals surface area (Å²) in [5, 5.41) is 1.04. The zero-order chi connectivity index (χ0) is 15.0. The van der Waals surface area contributed by atoms with E-state index in [9.17, 15) is 0 Å². The van der Waals surface area contributed by atoms with E-state index in [2.05, 4.69) is 9.97 Å². The number of ether oxygens (including phenoxy) is 1. The third-order valence-corrected chi connectivity index (χ3v) is 4.93. The Hall–Kier alpha value is -2.12. The SMILES string of the molecule is COc1ccccc1-c1sc(N)nc1-c1sc(N)nc1C. The molecule has 2 aromatic heterocycles. The highest BCUT2D eigenvalue weighted by atomic mass is 32.1. The largest absolute Gasteiger partial charge is 0.496 e. The maximum Gasteiger partial charge on any atom is 0.181 e. The van der Waals surface area contributed by atoms with Crippen molar-refractivity contribution >= 4 is 32.9 Å². The number of aromatic nitrogens is 2. The van der Waals surface area contributed by atoms with Gasteiger partial charge >= 0.3 is 0 Å². The van der Waals surface area contributed by atoms with Crippen molar-refractivity contribution in [1.82, 2.24) is 9.97 Å². The molecule has 7 heteroatoms. The second kappa shape index (κ2) is 5.34. The minimum atomic E-state index is 0.511. The van der Waals surface area contributed by atoms with Gasteiger partial charge in [-0.25, -0.2) is 9.97 Å². The van der Waals surface area contributed by atoms with Crippen molar-refractivity contribution in [3.8, 4) is 26.8 Å². The molecule has 108 valence electrons. The van der Waals surface area contributed by atoms with E-state index in [0.29, 0.717) is 10.3 Å². The standard InChI is InChI=1S/C14H14N4OS2/c1-7-11(20-13(15)17-7)10-12(21-14(16)18-10)8-5-3-4-6-9(8)19-2/h3-6H,1-2H3,(H2,15,17)(H2,16,18). The summed E-state index contributed by atoms with van der Waals surface area (Å²) in [4.78, 5) is 10.6. The number of nitrogens with two attached hydrogens (primary N) is 2. The van der Waals surface area contributed by atoms with Crippen LogP contribution in [0.2, 0.25) is 0 Å². The van der Waals surface area contributed by atoms with Gasteiger partial charge in [-0.05, 0) is 19.1 Å². The highest BCUT2D eigenvalue weighted by molar-refractivity contribution is 7.21. The van der Waals surface area contributed by atoms with Crippen LogP contribution >= 0.6 is 22.7 Å². The summed E-state index contributed by atoms with van der Waals surface area (Å²) >= 11 is 2.85. The lowest BCUT2D eigenvalue weighted by molar-refractivity contribution is 0.416. The lowest BCUT2D eigenvalue weighted by Crippen LogP contribution is -1.88. The summed E-state index contributed by atoms with van der Waals surface area (Å²) < 4.78 is 5.44. The monoisotopic (exact) mass is 318 g/mol. The summed E-state index contributed by atoms with van der Waals surface area (Å²) in [7, 11) is 1.65. The minimum absolute atomic E-state index is 0.511. The van der Waals surface area contributed by atoms with Crippen molar-refractivity contribution in [1.29, 1.82) is 0 Å². The Morgan fingerprint density at radius 3 is 2.33 bits per heavy atom. The van der Waals surface area contributed by atoms with Gasteiger partial charge in [0.05, 0.1) is 22.6 Å². The van der Waals surface area contributed by atoms with Crippen molar-refractivity contribution < 1.29 is 4.74 Å². The molecule has 3 aromatic rings. The Balaban J connectivity index is 2.23. The van der Waals surface area contributed by atoms with Gasteiger partial charge in [0.25, 0.3) is 0 Å². The number of nitrogens with zero attached hydrogens (tertiary/aromatic N) is 2. The first kappa shape index (κ1) is 13.8. The van der Waals surface area contributed by atoms with Crippen LogP contribution in [0.25, 0.3) is 21.0 Å². The van der Waals surface area contributed by atoms with Gasteiger partial charge in [0.15, 0.2) is 10.3 Å². The molecule has 0 saturated heterocycles. The number of benzene rings is 1. The molecule has 0 aliphatic heterocycles. The number of rotatable bonds is 3. The van der Waals surface area contributed by atoms with E-state index in [1.54, 1.807) is 7.11 Å². The molecule has 0 atom stereocenters. The Bertz CT molecular complexity index is 794. The molecule has 0 bridgehead atoms. The molecule has 0 aliphatic carbocycles. The van der Waals surface area contributed by atoms with Crippen LogP contribution in [0.15, 0.2) is 24.3 Å². The van der Waals surface area contributed by atoms with Gasteiger partial charge in [-0.2, -0.15) is 0 Å². The van der Waals surface area contributed by atoms with E-state index in [0.717, 1.165) is 32.5 Å². The maximum atomic E-state index is 5.92. The fraction of sp³-hybridized carbons (Fsp3) is 0.143. The van der Waals surface area contributed by atoms with E-state index in [1.807, 2.05) is 31.2 Å². The molecule has 0 unspecified atom stereocenters. The quantitative estimate of drug-likeness (QED) is 0.772. The summed E-state index contributed by atoms with van der Waals surface area (Å²) in [5.74, 6) is 0.789. The number of anilines is 2. The van der Waals surface area contributed by atoms with Gasteiger partial charge in [-0.15, -0.1) is 0 Å². The Morgan fingerprint density at radius 1 is 1.00 bits per heavy atom. The molecule has 0 aliphatic rings. The Kier molecular flexibility index (Phi) is 3.52. The average Bonchev–Trinajstić information content (AvgIpc) is 3.01. The molecule has 3 rings (SSSR count). The van der Waals surface area contributed by atoms with Crippen molar-refractivity contribution in [2.45, 2.75) is 6.92 Å². The fourth-order valence-electron chi connectivity index (χ4n) is 2.14. The summed E-state index contributed by atoms with van der Waals surface area (Å²) in [6, 6.07) is 7.81. The van der Waals surface area contributed by atoms with Crippen LogP contribution < -0.4 is 16.2 Å². The van der Waals surface area contributed by atoms with E-state index in [-0.39, 0.29) is 0 Å². The first-order chi connectivity index (χ1) is 10.1. The second-order valence-corrected chi connectivity index (χ2v) is 6.46. The van der Waals surface area contributed by atoms with Gasteiger partial charge in [0.1, 0.15) is 11.4 Å². The van der Waals surface area contributed by atoms with Crippen LogP contribution in [0.5, 0.6) is 5.75 Å². The molecule has 0 radical (unpaired) electrons. The smallest absolute Gasteiger partial charge is 0.181 e. The maximum absolute atomic E-state index is 5.92. The van der Waals surface area contributed by atoms with Crippen molar-refractivity contribution in [3.05, 3.63) is 30.0 Å². The van der Waals surface area contributed by atoms with Gasteiger partial charge in [0.2, 0.25) is 0 Å². The Morgan fingerprint density at radius 2 is 1.67 bits per heavy atom. The van der Waals surface area contributed by atoms with Crippen LogP contribution in [0.1, 0.15) is 5.69 Å². The van der Waals surface area contributed by atoms with Crippen LogP contribution in [-0.4, -0.2) is 17.1 Å².